The van der Waals surface area contributed by atoms with Crippen molar-refractivity contribution in [1.82, 2.24) is 4.90 Å². The number of carbonyl (C=O) groups is 1. The summed E-state index contributed by atoms with van der Waals surface area (Å²) in [5.41, 5.74) is 0.0265. The lowest BCUT2D eigenvalue weighted by Crippen LogP contribution is -2.49. The van der Waals surface area contributed by atoms with Gasteiger partial charge < -0.3 is 10.2 Å². The number of piperidine rings is 1. The van der Waals surface area contributed by atoms with Crippen LogP contribution in [-0.4, -0.2) is 44.1 Å². The Bertz CT molecular complexity index is 681. The molecule has 0 unspecified atom stereocenters. The minimum atomic E-state index is -3.42. The number of anilines is 1. The maximum absolute atomic E-state index is 13.8. The van der Waals surface area contributed by atoms with Crippen molar-refractivity contribution in [3.63, 3.8) is 0 Å². The van der Waals surface area contributed by atoms with E-state index in [1.165, 1.54) is 12.1 Å². The molecule has 1 aliphatic rings. The van der Waals surface area contributed by atoms with Crippen LogP contribution in [0.3, 0.4) is 0 Å². The zero-order chi connectivity index (χ0) is 17.2. The van der Waals surface area contributed by atoms with Gasteiger partial charge >= 0.3 is 0 Å². The molecule has 0 aromatic heterocycles. The summed E-state index contributed by atoms with van der Waals surface area (Å²) < 4.78 is 36.9. The van der Waals surface area contributed by atoms with Crippen LogP contribution in [0.1, 0.15) is 33.1 Å². The van der Waals surface area contributed by atoms with Gasteiger partial charge in [0.15, 0.2) is 9.84 Å². The number of sulfone groups is 1. The molecule has 0 spiro atoms. The van der Waals surface area contributed by atoms with Gasteiger partial charge in [-0.25, -0.2) is 12.8 Å². The van der Waals surface area contributed by atoms with E-state index in [0.29, 0.717) is 0 Å². The number of rotatable bonds is 4. The zero-order valence-corrected chi connectivity index (χ0v) is 14.5. The van der Waals surface area contributed by atoms with Crippen molar-refractivity contribution in [2.45, 2.75) is 50.1 Å². The van der Waals surface area contributed by atoms with Crippen molar-refractivity contribution < 1.29 is 17.6 Å². The molecule has 0 aliphatic carbocycles. The third-order valence-corrected chi connectivity index (χ3v) is 5.39. The van der Waals surface area contributed by atoms with Crippen molar-refractivity contribution in [2.24, 2.45) is 0 Å². The van der Waals surface area contributed by atoms with E-state index in [-0.39, 0.29) is 35.1 Å². The molecular formula is C16H23FN2O3S. The highest BCUT2D eigenvalue weighted by Gasteiger charge is 2.28. The quantitative estimate of drug-likeness (QED) is 0.854. The van der Waals surface area contributed by atoms with Gasteiger partial charge in [0.25, 0.3) is 0 Å². The number of hydrogen-bond acceptors (Lipinski definition) is 4. The first-order valence-electron chi connectivity index (χ1n) is 7.75. The molecular weight excluding hydrogens is 319 g/mol. The molecule has 23 heavy (non-hydrogen) atoms. The Kier molecular flexibility index (Phi) is 5.29. The lowest BCUT2D eigenvalue weighted by atomic mass is 9.97. The molecule has 0 radical (unpaired) electrons. The summed E-state index contributed by atoms with van der Waals surface area (Å²) in [6.45, 7) is 3.97. The van der Waals surface area contributed by atoms with Crippen molar-refractivity contribution >= 4 is 21.4 Å². The number of nitrogens with zero attached hydrogens (tertiary/aromatic N) is 1. The molecule has 1 aliphatic heterocycles. The van der Waals surface area contributed by atoms with E-state index < -0.39 is 15.7 Å². The van der Waals surface area contributed by atoms with Gasteiger partial charge in [-0.15, -0.1) is 0 Å². The number of amides is 1. The van der Waals surface area contributed by atoms with Crippen molar-refractivity contribution in [3.8, 4) is 0 Å². The van der Waals surface area contributed by atoms with Crippen LogP contribution in [0.4, 0.5) is 10.1 Å². The standard InChI is InChI=1S/C16H23FN2O3S/c1-11-5-4-6-12(2)19(11)16(20)10-18-15-9-13(23(3,21)22)7-8-14(15)17/h7-9,11-12,18H,4-6,10H2,1-3H3/t11-,12-/m0/s1. The highest BCUT2D eigenvalue weighted by atomic mass is 32.2. The van der Waals surface area contributed by atoms with Gasteiger partial charge in [0.05, 0.1) is 17.1 Å². The van der Waals surface area contributed by atoms with Gasteiger partial charge in [0.2, 0.25) is 5.91 Å². The van der Waals surface area contributed by atoms with Crippen LogP contribution in [0.2, 0.25) is 0 Å². The molecule has 1 amide bonds. The van der Waals surface area contributed by atoms with Crippen LogP contribution >= 0.6 is 0 Å². The fourth-order valence-electron chi connectivity index (χ4n) is 3.05. The maximum atomic E-state index is 13.8. The minimum absolute atomic E-state index is 0.0218. The van der Waals surface area contributed by atoms with Crippen LogP contribution in [0.25, 0.3) is 0 Å². The first-order valence-corrected chi connectivity index (χ1v) is 9.64. The van der Waals surface area contributed by atoms with E-state index in [2.05, 4.69) is 5.32 Å². The highest BCUT2D eigenvalue weighted by molar-refractivity contribution is 7.90. The zero-order valence-electron chi connectivity index (χ0n) is 13.7. The molecule has 2 rings (SSSR count). The van der Waals surface area contributed by atoms with Gasteiger partial charge in [0, 0.05) is 18.3 Å². The summed E-state index contributed by atoms with van der Waals surface area (Å²) in [5.74, 6) is -0.682. The Balaban J connectivity index is 2.10. The molecule has 1 fully saturated rings. The highest BCUT2D eigenvalue weighted by Crippen LogP contribution is 2.23. The topological polar surface area (TPSA) is 66.5 Å². The molecule has 1 heterocycles. The molecule has 5 nitrogen and oxygen atoms in total. The fourth-order valence-corrected chi connectivity index (χ4v) is 3.69. The van der Waals surface area contributed by atoms with Crippen LogP contribution in [0.5, 0.6) is 0 Å². The Morgan fingerprint density at radius 1 is 1.30 bits per heavy atom. The maximum Gasteiger partial charge on any atom is 0.242 e. The number of nitrogens with one attached hydrogen (secondary N) is 1. The number of benzene rings is 1. The third kappa shape index (κ3) is 4.22. The number of likely N-dealkylation sites (tertiary alicyclic amines) is 1. The molecule has 1 saturated heterocycles. The molecule has 7 heteroatoms. The largest absolute Gasteiger partial charge is 0.374 e. The Morgan fingerprint density at radius 2 is 1.91 bits per heavy atom. The van der Waals surface area contributed by atoms with Gasteiger partial charge in [-0.3, -0.25) is 4.79 Å². The summed E-state index contributed by atoms with van der Waals surface area (Å²) in [7, 11) is -3.42. The van der Waals surface area contributed by atoms with Gasteiger partial charge in [-0.2, -0.15) is 0 Å². The summed E-state index contributed by atoms with van der Waals surface area (Å²) in [6, 6.07) is 3.86. The van der Waals surface area contributed by atoms with E-state index >= 15 is 0 Å². The van der Waals surface area contributed by atoms with E-state index in [1.54, 1.807) is 0 Å². The second-order valence-corrected chi connectivity index (χ2v) is 8.21. The first kappa shape index (κ1) is 17.7. The second-order valence-electron chi connectivity index (χ2n) is 6.20. The SMILES string of the molecule is C[C@H]1CCC[C@H](C)N1C(=O)CNc1cc(S(C)(=O)=O)ccc1F. The van der Waals surface area contributed by atoms with E-state index in [4.69, 9.17) is 0 Å². The lowest BCUT2D eigenvalue weighted by Gasteiger charge is -2.39. The molecule has 1 N–H and O–H groups in total. The molecule has 1 aromatic rings. The Labute approximate surface area is 136 Å². The molecule has 2 atom stereocenters. The lowest BCUT2D eigenvalue weighted by molar-refractivity contribution is -0.135. The van der Waals surface area contributed by atoms with E-state index in [0.717, 1.165) is 31.6 Å². The van der Waals surface area contributed by atoms with Gasteiger partial charge in [-0.05, 0) is 51.3 Å². The van der Waals surface area contributed by atoms with E-state index in [1.807, 2.05) is 18.7 Å². The molecule has 128 valence electrons. The number of carbonyl (C=O) groups excluding carboxylic acids is 1. The second kappa shape index (κ2) is 6.86. The molecule has 0 bridgehead atoms. The summed E-state index contributed by atoms with van der Waals surface area (Å²) >= 11 is 0. The summed E-state index contributed by atoms with van der Waals surface area (Å²) in [4.78, 5) is 14.3. The number of halogens is 1. The Morgan fingerprint density at radius 3 is 2.48 bits per heavy atom. The van der Waals surface area contributed by atoms with Crippen LogP contribution in [0.15, 0.2) is 23.1 Å². The van der Waals surface area contributed by atoms with E-state index in [9.17, 15) is 17.6 Å². The molecule has 0 saturated carbocycles. The average Bonchev–Trinajstić information content (AvgIpc) is 2.45. The Hall–Kier alpha value is -1.63. The van der Waals surface area contributed by atoms with Crippen LogP contribution in [0, 0.1) is 5.82 Å². The van der Waals surface area contributed by atoms with Crippen molar-refractivity contribution in [3.05, 3.63) is 24.0 Å². The molecule has 1 aromatic carbocycles. The van der Waals surface area contributed by atoms with Crippen molar-refractivity contribution in [1.29, 1.82) is 0 Å². The van der Waals surface area contributed by atoms with Gasteiger partial charge in [-0.1, -0.05) is 0 Å². The minimum Gasteiger partial charge on any atom is -0.374 e. The summed E-state index contributed by atoms with van der Waals surface area (Å²) in [6.07, 6.45) is 4.10. The smallest absolute Gasteiger partial charge is 0.242 e. The van der Waals surface area contributed by atoms with Crippen LogP contribution < -0.4 is 5.32 Å². The fraction of sp³-hybridized carbons (Fsp3) is 0.562. The van der Waals surface area contributed by atoms with Crippen LogP contribution in [-0.2, 0) is 14.6 Å². The normalized spacial score (nSPS) is 22.0. The summed E-state index contributed by atoms with van der Waals surface area (Å²) in [5, 5.41) is 2.73. The number of hydrogen-bond donors (Lipinski definition) is 1. The monoisotopic (exact) mass is 342 g/mol. The third-order valence-electron chi connectivity index (χ3n) is 4.28. The predicted molar refractivity (Wildman–Crippen MR) is 87.6 cm³/mol. The van der Waals surface area contributed by atoms with Gasteiger partial charge in [0.1, 0.15) is 5.82 Å². The average molecular weight is 342 g/mol. The predicted octanol–water partition coefficient (Wildman–Crippen LogP) is 2.43. The van der Waals surface area contributed by atoms with Crippen molar-refractivity contribution in [2.75, 3.05) is 18.1 Å². The first-order chi connectivity index (χ1) is 10.7.